The highest BCUT2D eigenvalue weighted by atomic mass is 19.1. The van der Waals surface area contributed by atoms with Gasteiger partial charge >= 0.3 is 5.97 Å². The van der Waals surface area contributed by atoms with Gasteiger partial charge in [0.25, 0.3) is 5.89 Å². The van der Waals surface area contributed by atoms with E-state index in [9.17, 15) is 14.3 Å². The van der Waals surface area contributed by atoms with Crippen LogP contribution in [-0.4, -0.2) is 21.2 Å². The summed E-state index contributed by atoms with van der Waals surface area (Å²) in [5.41, 5.74) is 5.07. The Kier molecular flexibility index (Phi) is 4.36. The first-order chi connectivity index (χ1) is 12.2. The summed E-state index contributed by atoms with van der Waals surface area (Å²) < 4.78 is 19.6. The minimum absolute atomic E-state index is 0.0770. The second-order valence-electron chi connectivity index (χ2n) is 6.44. The van der Waals surface area contributed by atoms with Crippen LogP contribution < -0.4 is 0 Å². The first-order valence-corrected chi connectivity index (χ1v) is 8.16. The Balaban J connectivity index is 2.18. The summed E-state index contributed by atoms with van der Waals surface area (Å²) in [6.45, 7) is 9.16. The summed E-state index contributed by atoms with van der Waals surface area (Å²) >= 11 is 0. The molecule has 0 saturated carbocycles. The molecule has 0 unspecified atom stereocenters. The van der Waals surface area contributed by atoms with Crippen LogP contribution in [0.3, 0.4) is 0 Å². The summed E-state index contributed by atoms with van der Waals surface area (Å²) in [7, 11) is 0. The van der Waals surface area contributed by atoms with Gasteiger partial charge in [0.15, 0.2) is 0 Å². The first kappa shape index (κ1) is 17.8. The van der Waals surface area contributed by atoms with Crippen LogP contribution >= 0.6 is 0 Å². The molecule has 0 bridgehead atoms. The van der Waals surface area contributed by atoms with Gasteiger partial charge in [-0.3, -0.25) is 0 Å². The molecule has 0 spiro atoms. The number of benzene rings is 2. The SMILES string of the molecule is Cc1ccc(F)c(-c2nc(-c3cc(C(=O)O)c(C)c(C)c3C)no2)c1C. The average Bonchev–Trinajstić information content (AvgIpc) is 3.05. The molecule has 0 aliphatic carbocycles. The van der Waals surface area contributed by atoms with E-state index in [0.29, 0.717) is 11.1 Å². The minimum Gasteiger partial charge on any atom is -0.478 e. The molecule has 134 valence electrons. The van der Waals surface area contributed by atoms with Crippen molar-refractivity contribution in [2.24, 2.45) is 0 Å². The molecule has 3 aromatic rings. The lowest BCUT2D eigenvalue weighted by Crippen LogP contribution is -2.04. The zero-order valence-electron chi connectivity index (χ0n) is 15.3. The van der Waals surface area contributed by atoms with Gasteiger partial charge in [0.05, 0.1) is 11.1 Å². The fourth-order valence-corrected chi connectivity index (χ4v) is 2.98. The molecule has 0 amide bonds. The number of aromatic nitrogens is 2. The number of rotatable bonds is 3. The zero-order chi connectivity index (χ0) is 19.2. The molecule has 26 heavy (non-hydrogen) atoms. The van der Waals surface area contributed by atoms with Gasteiger partial charge in [-0.1, -0.05) is 11.2 Å². The Morgan fingerprint density at radius 1 is 1.04 bits per heavy atom. The predicted octanol–water partition coefficient (Wildman–Crippen LogP) is 4.78. The highest BCUT2D eigenvalue weighted by Crippen LogP contribution is 2.32. The third-order valence-corrected chi connectivity index (χ3v) is 5.02. The van der Waals surface area contributed by atoms with E-state index in [1.54, 1.807) is 19.9 Å². The third-order valence-electron chi connectivity index (χ3n) is 5.02. The molecule has 0 aliphatic heterocycles. The molecule has 0 aliphatic rings. The Labute approximate surface area is 150 Å². The lowest BCUT2D eigenvalue weighted by atomic mass is 9.93. The number of hydrogen-bond donors (Lipinski definition) is 1. The molecule has 2 aromatic carbocycles. The minimum atomic E-state index is -1.02. The third kappa shape index (κ3) is 2.77. The fraction of sp³-hybridized carbons (Fsp3) is 0.250. The molecule has 1 N–H and O–H groups in total. The maximum Gasteiger partial charge on any atom is 0.335 e. The van der Waals surface area contributed by atoms with Gasteiger partial charge in [0.2, 0.25) is 5.82 Å². The van der Waals surface area contributed by atoms with Crippen LogP contribution in [0.25, 0.3) is 22.8 Å². The zero-order valence-corrected chi connectivity index (χ0v) is 15.3. The van der Waals surface area contributed by atoms with Crippen molar-refractivity contribution in [3.8, 4) is 22.8 Å². The smallest absolute Gasteiger partial charge is 0.335 e. The number of carbonyl (C=O) groups is 1. The van der Waals surface area contributed by atoms with Gasteiger partial charge in [-0.25, -0.2) is 9.18 Å². The van der Waals surface area contributed by atoms with Crippen molar-refractivity contribution in [3.05, 3.63) is 57.4 Å². The van der Waals surface area contributed by atoms with Crippen molar-refractivity contribution in [1.29, 1.82) is 0 Å². The van der Waals surface area contributed by atoms with Crippen LogP contribution in [0.15, 0.2) is 22.7 Å². The van der Waals surface area contributed by atoms with Crippen LogP contribution in [-0.2, 0) is 0 Å². The van der Waals surface area contributed by atoms with Gasteiger partial charge in [-0.2, -0.15) is 4.98 Å². The molecule has 0 atom stereocenters. The summed E-state index contributed by atoms with van der Waals surface area (Å²) in [6.07, 6.45) is 0. The number of carboxylic acids is 1. The number of carboxylic acid groups (broad SMARTS) is 1. The quantitative estimate of drug-likeness (QED) is 0.732. The lowest BCUT2D eigenvalue weighted by Gasteiger charge is -2.11. The highest BCUT2D eigenvalue weighted by Gasteiger charge is 2.21. The van der Waals surface area contributed by atoms with Crippen molar-refractivity contribution >= 4 is 5.97 Å². The van der Waals surface area contributed by atoms with E-state index in [1.165, 1.54) is 12.1 Å². The molecule has 0 radical (unpaired) electrons. The van der Waals surface area contributed by atoms with E-state index >= 15 is 0 Å². The maximum absolute atomic E-state index is 14.3. The molecule has 5 nitrogen and oxygen atoms in total. The van der Waals surface area contributed by atoms with Crippen LogP contribution in [0.1, 0.15) is 38.2 Å². The normalized spacial score (nSPS) is 11.0. The van der Waals surface area contributed by atoms with E-state index in [2.05, 4.69) is 10.1 Å². The molecule has 1 aromatic heterocycles. The van der Waals surface area contributed by atoms with Crippen molar-refractivity contribution in [1.82, 2.24) is 10.1 Å². The Morgan fingerprint density at radius 2 is 1.73 bits per heavy atom. The van der Waals surface area contributed by atoms with Gasteiger partial charge < -0.3 is 9.63 Å². The Hall–Kier alpha value is -3.02. The number of hydrogen-bond acceptors (Lipinski definition) is 4. The van der Waals surface area contributed by atoms with Crippen molar-refractivity contribution in [2.45, 2.75) is 34.6 Å². The number of aryl methyl sites for hydroxylation is 1. The maximum atomic E-state index is 14.3. The first-order valence-electron chi connectivity index (χ1n) is 8.16. The van der Waals surface area contributed by atoms with E-state index in [1.807, 2.05) is 20.8 Å². The number of nitrogens with zero attached hydrogens (tertiary/aromatic N) is 2. The summed E-state index contributed by atoms with van der Waals surface area (Å²) in [5, 5.41) is 13.4. The van der Waals surface area contributed by atoms with Crippen molar-refractivity contribution in [3.63, 3.8) is 0 Å². The summed E-state index contributed by atoms with van der Waals surface area (Å²) in [6, 6.07) is 4.59. The molecule has 6 heteroatoms. The van der Waals surface area contributed by atoms with Gasteiger partial charge in [-0.05, 0) is 74.6 Å². The standard InChI is InChI=1S/C20H19FN2O3/c1-9-6-7-16(21)17(10(9)2)19-22-18(23-26-19)14-8-15(20(24)25)13(5)11(3)12(14)4/h6-8H,1-5H3,(H,24,25). The van der Waals surface area contributed by atoms with Crippen molar-refractivity contribution in [2.75, 3.05) is 0 Å². The molecule has 3 rings (SSSR count). The van der Waals surface area contributed by atoms with E-state index < -0.39 is 11.8 Å². The van der Waals surface area contributed by atoms with Gasteiger partial charge in [-0.15, -0.1) is 0 Å². The lowest BCUT2D eigenvalue weighted by molar-refractivity contribution is 0.0696. The van der Waals surface area contributed by atoms with E-state index in [-0.39, 0.29) is 22.8 Å². The molecular formula is C20H19FN2O3. The Morgan fingerprint density at radius 3 is 2.38 bits per heavy atom. The second-order valence-corrected chi connectivity index (χ2v) is 6.44. The number of halogens is 1. The van der Waals surface area contributed by atoms with Gasteiger partial charge in [0, 0.05) is 5.56 Å². The Bertz CT molecular complexity index is 1040. The van der Waals surface area contributed by atoms with Gasteiger partial charge in [0.1, 0.15) is 5.82 Å². The monoisotopic (exact) mass is 354 g/mol. The largest absolute Gasteiger partial charge is 0.478 e. The summed E-state index contributed by atoms with van der Waals surface area (Å²) in [4.78, 5) is 15.8. The van der Waals surface area contributed by atoms with Crippen LogP contribution in [0, 0.1) is 40.4 Å². The van der Waals surface area contributed by atoms with Crippen molar-refractivity contribution < 1.29 is 18.8 Å². The summed E-state index contributed by atoms with van der Waals surface area (Å²) in [5.74, 6) is -1.14. The number of aromatic carboxylic acids is 1. The topological polar surface area (TPSA) is 76.2 Å². The molecule has 0 fully saturated rings. The van der Waals surface area contributed by atoms with E-state index in [4.69, 9.17) is 4.52 Å². The van der Waals surface area contributed by atoms with Crippen LogP contribution in [0.4, 0.5) is 4.39 Å². The highest BCUT2D eigenvalue weighted by molar-refractivity contribution is 5.92. The molecule has 0 saturated heterocycles. The second kappa shape index (κ2) is 6.37. The van der Waals surface area contributed by atoms with E-state index in [0.717, 1.165) is 22.3 Å². The predicted molar refractivity (Wildman–Crippen MR) is 95.8 cm³/mol. The molecule has 1 heterocycles. The fourth-order valence-electron chi connectivity index (χ4n) is 2.98. The van der Waals surface area contributed by atoms with Crippen LogP contribution in [0.5, 0.6) is 0 Å². The van der Waals surface area contributed by atoms with Crippen LogP contribution in [0.2, 0.25) is 0 Å². The average molecular weight is 354 g/mol. The molecular weight excluding hydrogens is 335 g/mol.